The Kier molecular flexibility index (Phi) is 12.4. The molecule has 0 saturated heterocycles. The van der Waals surface area contributed by atoms with Crippen molar-refractivity contribution in [3.05, 3.63) is 63.4 Å². The fourth-order valence-corrected chi connectivity index (χ4v) is 2.00. The first-order valence-electron chi connectivity index (χ1n) is 7.99. The number of carbonyl (C=O) groups excluding carboxylic acids is 1. The van der Waals surface area contributed by atoms with Crippen LogP contribution in [0.3, 0.4) is 0 Å². The van der Waals surface area contributed by atoms with Crippen LogP contribution in [-0.2, 0) is 4.79 Å². The highest BCUT2D eigenvalue weighted by Gasteiger charge is 2.04. The lowest BCUT2D eigenvalue weighted by Crippen LogP contribution is -1.97. The molecule has 0 atom stereocenters. The van der Waals surface area contributed by atoms with Crippen LogP contribution in [0, 0.1) is 17.0 Å². The lowest BCUT2D eigenvalue weighted by Gasteiger charge is -2.02. The van der Waals surface area contributed by atoms with Crippen LogP contribution in [0.2, 0.25) is 5.15 Å². The van der Waals surface area contributed by atoms with Crippen molar-refractivity contribution in [1.82, 2.24) is 15.0 Å². The standard InChI is InChI=1S/C8H7ClN4.C7H7NO2.C2H6O.CH2O/c1-10-8-6(9)12-5-3-2-4-11-7(5)13-8;1-6-3-2-4-7(5-6)8(9)10;1-2-3;1-2/h2-4H,1H3,(H,10,11,13);2-5H,1H3;3H,2H2,1H3;1H2. The normalized spacial score (nSPS) is 8.89. The molecule has 0 aliphatic carbocycles. The molecule has 3 aromatic rings. The maximum Gasteiger partial charge on any atom is 0.269 e. The number of nitrogens with one attached hydrogen (secondary N) is 1. The minimum Gasteiger partial charge on any atom is -0.397 e. The zero-order valence-corrected chi connectivity index (χ0v) is 16.6. The van der Waals surface area contributed by atoms with Gasteiger partial charge >= 0.3 is 0 Å². The number of anilines is 1. The molecule has 0 bridgehead atoms. The van der Waals surface area contributed by atoms with Crippen molar-refractivity contribution in [3.63, 3.8) is 0 Å². The molecule has 2 N–H and O–H groups in total. The average Bonchev–Trinajstić information content (AvgIpc) is 2.70. The Hall–Kier alpha value is -3.17. The van der Waals surface area contributed by atoms with Crippen molar-refractivity contribution in [2.75, 3.05) is 19.0 Å². The Balaban J connectivity index is 0.000000434. The Labute approximate surface area is 167 Å². The number of rotatable bonds is 2. The van der Waals surface area contributed by atoms with Crippen molar-refractivity contribution < 1.29 is 14.8 Å². The summed E-state index contributed by atoms with van der Waals surface area (Å²) in [6.45, 7) is 5.76. The summed E-state index contributed by atoms with van der Waals surface area (Å²) in [5.74, 6) is 0.549. The van der Waals surface area contributed by atoms with Gasteiger partial charge in [-0.15, -0.1) is 0 Å². The second kappa shape index (κ2) is 14.0. The van der Waals surface area contributed by atoms with E-state index in [9.17, 15) is 10.1 Å². The third kappa shape index (κ3) is 8.47. The van der Waals surface area contributed by atoms with Crippen molar-refractivity contribution in [2.24, 2.45) is 0 Å². The van der Waals surface area contributed by atoms with E-state index < -0.39 is 4.92 Å². The van der Waals surface area contributed by atoms with E-state index in [2.05, 4.69) is 20.3 Å². The van der Waals surface area contributed by atoms with Crippen molar-refractivity contribution in [2.45, 2.75) is 13.8 Å². The van der Waals surface area contributed by atoms with Crippen LogP contribution in [-0.4, -0.2) is 45.4 Å². The summed E-state index contributed by atoms with van der Waals surface area (Å²) in [6, 6.07) is 10.1. The maximum atomic E-state index is 10.2. The summed E-state index contributed by atoms with van der Waals surface area (Å²) in [4.78, 5) is 30.1. The topological polar surface area (TPSA) is 131 Å². The van der Waals surface area contributed by atoms with Gasteiger partial charge in [-0.2, -0.15) is 0 Å². The number of aromatic nitrogens is 3. The molecule has 10 heteroatoms. The van der Waals surface area contributed by atoms with E-state index in [1.54, 1.807) is 38.4 Å². The maximum absolute atomic E-state index is 10.2. The molecule has 9 nitrogen and oxygen atoms in total. The SMILES string of the molecule is C=O.CCO.CNc1nc2ncccc2nc1Cl.Cc1cccc([N+](=O)[O-])c1. The molecule has 0 radical (unpaired) electrons. The zero-order valence-electron chi connectivity index (χ0n) is 15.8. The van der Waals surface area contributed by atoms with Crippen molar-refractivity contribution >= 4 is 41.1 Å². The van der Waals surface area contributed by atoms with Crippen molar-refractivity contribution in [1.29, 1.82) is 0 Å². The predicted octanol–water partition coefficient (Wildman–Crippen LogP) is 3.44. The van der Waals surface area contributed by atoms with Crippen molar-refractivity contribution in [3.8, 4) is 0 Å². The summed E-state index contributed by atoms with van der Waals surface area (Å²) < 4.78 is 0. The largest absolute Gasteiger partial charge is 0.397 e. The molecular weight excluding hydrogens is 386 g/mol. The van der Waals surface area contributed by atoms with E-state index in [0.717, 1.165) is 5.56 Å². The fourth-order valence-electron chi connectivity index (χ4n) is 1.77. The summed E-state index contributed by atoms with van der Waals surface area (Å²) in [6.07, 6.45) is 1.67. The lowest BCUT2D eigenvalue weighted by molar-refractivity contribution is -0.384. The smallest absolute Gasteiger partial charge is 0.269 e. The van der Waals surface area contributed by atoms with Crippen LogP contribution in [0.1, 0.15) is 12.5 Å². The lowest BCUT2D eigenvalue weighted by atomic mass is 10.2. The molecule has 2 heterocycles. The van der Waals surface area contributed by atoms with Gasteiger partial charge in [-0.05, 0) is 31.5 Å². The van der Waals surface area contributed by atoms with Gasteiger partial charge in [0.25, 0.3) is 5.69 Å². The summed E-state index contributed by atoms with van der Waals surface area (Å²) >= 11 is 5.84. The number of aryl methyl sites for hydroxylation is 1. The summed E-state index contributed by atoms with van der Waals surface area (Å²) in [7, 11) is 1.74. The van der Waals surface area contributed by atoms with E-state index in [1.165, 1.54) is 6.07 Å². The highest BCUT2D eigenvalue weighted by Crippen LogP contribution is 2.18. The minimum absolute atomic E-state index is 0.153. The van der Waals surface area contributed by atoms with Crippen LogP contribution in [0.4, 0.5) is 11.5 Å². The number of hydrogen-bond donors (Lipinski definition) is 2. The number of benzene rings is 1. The molecule has 3 rings (SSSR count). The van der Waals surface area contributed by atoms with Gasteiger partial charge in [0.05, 0.1) is 4.92 Å². The average molecular weight is 408 g/mol. The molecule has 0 aliphatic heterocycles. The summed E-state index contributed by atoms with van der Waals surface area (Å²) in [5, 5.41) is 20.9. The van der Waals surface area contributed by atoms with Crippen LogP contribution in [0.15, 0.2) is 42.6 Å². The van der Waals surface area contributed by atoms with E-state index in [-0.39, 0.29) is 12.3 Å². The second-order valence-electron chi connectivity index (χ2n) is 4.87. The highest BCUT2D eigenvalue weighted by molar-refractivity contribution is 6.32. The number of pyridine rings is 1. The third-order valence-corrected chi connectivity index (χ3v) is 3.11. The minimum atomic E-state index is -0.396. The number of aliphatic hydroxyl groups is 1. The molecule has 28 heavy (non-hydrogen) atoms. The van der Waals surface area contributed by atoms with E-state index >= 15 is 0 Å². The van der Waals surface area contributed by atoms with Gasteiger partial charge in [0.2, 0.25) is 0 Å². The predicted molar refractivity (Wildman–Crippen MR) is 110 cm³/mol. The molecule has 0 spiro atoms. The number of nitrogens with zero attached hydrogens (tertiary/aromatic N) is 4. The number of nitro benzene ring substituents is 1. The van der Waals surface area contributed by atoms with Crippen LogP contribution < -0.4 is 5.32 Å². The van der Waals surface area contributed by atoms with Gasteiger partial charge < -0.3 is 15.2 Å². The van der Waals surface area contributed by atoms with E-state index in [1.807, 2.05) is 25.8 Å². The molecule has 1 aromatic carbocycles. The first-order chi connectivity index (χ1) is 13.4. The van der Waals surface area contributed by atoms with Crippen LogP contribution in [0.25, 0.3) is 11.2 Å². The number of aliphatic hydroxyl groups excluding tert-OH is 1. The van der Waals surface area contributed by atoms with Gasteiger partial charge in [0.1, 0.15) is 12.3 Å². The molecule has 0 fully saturated rings. The number of nitro groups is 1. The van der Waals surface area contributed by atoms with E-state index in [0.29, 0.717) is 22.1 Å². The molecule has 0 unspecified atom stereocenters. The molecule has 0 saturated carbocycles. The van der Waals surface area contributed by atoms with Gasteiger partial charge in [0.15, 0.2) is 16.6 Å². The molecular formula is C18H22ClN5O4. The number of hydrogen-bond acceptors (Lipinski definition) is 8. The Bertz CT molecular complexity index is 879. The summed E-state index contributed by atoms with van der Waals surface area (Å²) in [5.41, 5.74) is 2.36. The monoisotopic (exact) mass is 407 g/mol. The Morgan fingerprint density at radius 3 is 2.39 bits per heavy atom. The Morgan fingerprint density at radius 1 is 1.25 bits per heavy atom. The molecule has 0 aliphatic rings. The van der Waals surface area contributed by atoms with E-state index in [4.69, 9.17) is 21.5 Å². The first kappa shape index (κ1) is 24.8. The van der Waals surface area contributed by atoms with Gasteiger partial charge in [-0.3, -0.25) is 10.1 Å². The quantitative estimate of drug-likeness (QED) is 0.487. The number of carbonyl (C=O) groups is 1. The fraction of sp³-hybridized carbons (Fsp3) is 0.222. The van der Waals surface area contributed by atoms with Crippen LogP contribution >= 0.6 is 11.6 Å². The molecule has 0 amide bonds. The third-order valence-electron chi connectivity index (χ3n) is 2.85. The van der Waals surface area contributed by atoms with Gasteiger partial charge in [-0.25, -0.2) is 15.0 Å². The number of halogens is 1. The first-order valence-corrected chi connectivity index (χ1v) is 8.37. The zero-order chi connectivity index (χ0) is 21.5. The highest BCUT2D eigenvalue weighted by atomic mass is 35.5. The number of fused-ring (bicyclic) bond motifs is 1. The Morgan fingerprint density at radius 2 is 1.89 bits per heavy atom. The van der Waals surface area contributed by atoms with Gasteiger partial charge in [0, 0.05) is 32.0 Å². The van der Waals surface area contributed by atoms with Crippen LogP contribution in [0.5, 0.6) is 0 Å². The second-order valence-corrected chi connectivity index (χ2v) is 5.23. The van der Waals surface area contributed by atoms with Gasteiger partial charge in [-0.1, -0.05) is 23.7 Å². The molecule has 150 valence electrons. The number of non-ortho nitro benzene ring substituents is 1. The molecule has 2 aromatic heterocycles.